The average molecular weight is 372 g/mol. The normalized spacial score (nSPS) is 23.3. The predicted molar refractivity (Wildman–Crippen MR) is 93.8 cm³/mol. The lowest BCUT2D eigenvalue weighted by Gasteiger charge is -2.17. The smallest absolute Gasteiger partial charge is 0.229 e. The van der Waals surface area contributed by atoms with E-state index in [9.17, 15) is 8.42 Å². The Kier molecular flexibility index (Phi) is 6.46. The van der Waals surface area contributed by atoms with Crippen LogP contribution in [0.1, 0.15) is 63.1 Å². The first-order chi connectivity index (χ1) is 12.1. The van der Waals surface area contributed by atoms with Crippen molar-refractivity contribution in [2.45, 2.75) is 57.8 Å². The van der Waals surface area contributed by atoms with Crippen molar-refractivity contribution in [2.75, 3.05) is 32.1 Å². The Balaban J connectivity index is 1.46. The first kappa shape index (κ1) is 18.8. The SMILES string of the molecule is CCCCS(=O)(=O)N1CCC(CCc2noc(C3CCOCC3)n2)C1. The molecule has 2 fully saturated rings. The van der Waals surface area contributed by atoms with Gasteiger partial charge in [-0.15, -0.1) is 0 Å². The van der Waals surface area contributed by atoms with E-state index >= 15 is 0 Å². The van der Waals surface area contributed by atoms with E-state index in [0.717, 1.165) is 69.9 Å². The second kappa shape index (κ2) is 8.60. The van der Waals surface area contributed by atoms with Crippen LogP contribution >= 0.6 is 0 Å². The second-order valence-corrected chi connectivity index (χ2v) is 9.24. The molecular weight excluding hydrogens is 342 g/mol. The topological polar surface area (TPSA) is 85.5 Å². The van der Waals surface area contributed by atoms with Crippen LogP contribution in [0, 0.1) is 5.92 Å². The maximum atomic E-state index is 12.3. The summed E-state index contributed by atoms with van der Waals surface area (Å²) < 4.78 is 37.0. The van der Waals surface area contributed by atoms with Crippen molar-refractivity contribution in [3.63, 3.8) is 0 Å². The van der Waals surface area contributed by atoms with Crippen molar-refractivity contribution in [2.24, 2.45) is 5.92 Å². The van der Waals surface area contributed by atoms with E-state index in [-0.39, 0.29) is 5.75 Å². The summed E-state index contributed by atoms with van der Waals surface area (Å²) in [5.74, 6) is 2.46. The molecule has 0 radical (unpaired) electrons. The number of aromatic nitrogens is 2. The first-order valence-electron chi connectivity index (χ1n) is 9.46. The Morgan fingerprint density at radius 3 is 2.80 bits per heavy atom. The minimum atomic E-state index is -3.08. The van der Waals surface area contributed by atoms with Gasteiger partial charge in [-0.3, -0.25) is 0 Å². The second-order valence-electron chi connectivity index (χ2n) is 7.16. The number of aryl methyl sites for hydroxylation is 1. The molecule has 0 amide bonds. The molecule has 1 atom stereocenters. The highest BCUT2D eigenvalue weighted by Gasteiger charge is 2.31. The number of hydrogen-bond donors (Lipinski definition) is 0. The summed E-state index contributed by atoms with van der Waals surface area (Å²) in [6.45, 7) is 4.81. The number of rotatable bonds is 8. The van der Waals surface area contributed by atoms with Gasteiger partial charge in [0, 0.05) is 38.6 Å². The minimum Gasteiger partial charge on any atom is -0.381 e. The summed E-state index contributed by atoms with van der Waals surface area (Å²) in [5, 5.41) is 4.10. The highest BCUT2D eigenvalue weighted by molar-refractivity contribution is 7.89. The molecule has 2 aliphatic heterocycles. The van der Waals surface area contributed by atoms with Gasteiger partial charge in [0.05, 0.1) is 5.75 Å². The lowest BCUT2D eigenvalue weighted by atomic mass is 10.0. The Bertz CT molecular complexity index is 640. The third-order valence-electron chi connectivity index (χ3n) is 5.23. The Labute approximate surface area is 150 Å². The third-order valence-corrected chi connectivity index (χ3v) is 7.15. The summed E-state index contributed by atoms with van der Waals surface area (Å²) in [4.78, 5) is 4.54. The van der Waals surface area contributed by atoms with E-state index in [0.29, 0.717) is 24.9 Å². The van der Waals surface area contributed by atoms with Crippen LogP contribution in [0.4, 0.5) is 0 Å². The van der Waals surface area contributed by atoms with Gasteiger partial charge in [-0.2, -0.15) is 4.98 Å². The van der Waals surface area contributed by atoms with Crippen LogP contribution in [0.15, 0.2) is 4.52 Å². The van der Waals surface area contributed by atoms with Gasteiger partial charge in [-0.1, -0.05) is 18.5 Å². The molecule has 25 heavy (non-hydrogen) atoms. The molecule has 0 saturated carbocycles. The highest BCUT2D eigenvalue weighted by atomic mass is 32.2. The van der Waals surface area contributed by atoms with Crippen molar-refractivity contribution in [3.05, 3.63) is 11.7 Å². The summed E-state index contributed by atoms with van der Waals surface area (Å²) in [7, 11) is -3.08. The van der Waals surface area contributed by atoms with E-state index in [2.05, 4.69) is 10.1 Å². The molecule has 3 rings (SSSR count). The van der Waals surface area contributed by atoms with E-state index < -0.39 is 10.0 Å². The minimum absolute atomic E-state index is 0.273. The summed E-state index contributed by atoms with van der Waals surface area (Å²) in [5.41, 5.74) is 0. The van der Waals surface area contributed by atoms with Crippen LogP contribution in [-0.4, -0.2) is 54.9 Å². The third kappa shape index (κ3) is 5.01. The van der Waals surface area contributed by atoms with Crippen molar-refractivity contribution in [1.82, 2.24) is 14.4 Å². The van der Waals surface area contributed by atoms with E-state index in [4.69, 9.17) is 9.26 Å². The molecule has 0 aromatic carbocycles. The fourth-order valence-corrected chi connectivity index (χ4v) is 5.29. The molecule has 7 nitrogen and oxygen atoms in total. The molecule has 142 valence electrons. The van der Waals surface area contributed by atoms with Crippen molar-refractivity contribution in [1.29, 1.82) is 0 Å². The van der Waals surface area contributed by atoms with E-state index in [1.807, 2.05) is 6.92 Å². The first-order valence-corrected chi connectivity index (χ1v) is 11.1. The maximum absolute atomic E-state index is 12.3. The number of ether oxygens (including phenoxy) is 1. The van der Waals surface area contributed by atoms with Crippen LogP contribution in [0.25, 0.3) is 0 Å². The molecule has 2 saturated heterocycles. The molecular formula is C17H29N3O4S. The van der Waals surface area contributed by atoms with Gasteiger partial charge in [0.2, 0.25) is 15.9 Å². The molecule has 1 aromatic heterocycles. The zero-order valence-corrected chi connectivity index (χ0v) is 15.8. The largest absolute Gasteiger partial charge is 0.381 e. The summed E-state index contributed by atoms with van der Waals surface area (Å²) >= 11 is 0. The molecule has 0 bridgehead atoms. The monoisotopic (exact) mass is 371 g/mol. The maximum Gasteiger partial charge on any atom is 0.229 e. The molecule has 2 aliphatic rings. The Hall–Kier alpha value is -0.990. The average Bonchev–Trinajstić information content (AvgIpc) is 3.29. The number of sulfonamides is 1. The van der Waals surface area contributed by atoms with E-state index in [1.54, 1.807) is 4.31 Å². The lowest BCUT2D eigenvalue weighted by molar-refractivity contribution is 0.0778. The molecule has 1 unspecified atom stereocenters. The van der Waals surface area contributed by atoms with Gasteiger partial charge in [-0.25, -0.2) is 12.7 Å². The van der Waals surface area contributed by atoms with Gasteiger partial charge < -0.3 is 9.26 Å². The van der Waals surface area contributed by atoms with Gasteiger partial charge in [0.15, 0.2) is 5.82 Å². The zero-order valence-electron chi connectivity index (χ0n) is 15.0. The van der Waals surface area contributed by atoms with Crippen LogP contribution < -0.4 is 0 Å². The molecule has 3 heterocycles. The molecule has 0 N–H and O–H groups in total. The lowest BCUT2D eigenvalue weighted by Crippen LogP contribution is -2.31. The van der Waals surface area contributed by atoms with Crippen LogP contribution in [0.2, 0.25) is 0 Å². The molecule has 8 heteroatoms. The summed E-state index contributed by atoms with van der Waals surface area (Å²) in [6, 6.07) is 0. The van der Waals surface area contributed by atoms with Crippen molar-refractivity contribution < 1.29 is 17.7 Å². The standard InChI is InChI=1S/C17H29N3O4S/c1-2-3-12-25(21,22)20-9-6-14(13-20)4-5-16-18-17(24-19-16)15-7-10-23-11-8-15/h14-15H,2-13H2,1H3. The number of hydrogen-bond acceptors (Lipinski definition) is 6. The predicted octanol–water partition coefficient (Wildman–Crippen LogP) is 2.35. The van der Waals surface area contributed by atoms with E-state index in [1.165, 1.54) is 0 Å². The highest BCUT2D eigenvalue weighted by Crippen LogP contribution is 2.27. The Morgan fingerprint density at radius 2 is 2.04 bits per heavy atom. The molecule has 0 aliphatic carbocycles. The van der Waals surface area contributed by atoms with Crippen LogP contribution in [0.5, 0.6) is 0 Å². The fourth-order valence-electron chi connectivity index (χ4n) is 3.55. The quantitative estimate of drug-likeness (QED) is 0.697. The number of unbranched alkanes of at least 4 members (excludes halogenated alkanes) is 1. The van der Waals surface area contributed by atoms with Gasteiger partial charge in [-0.05, 0) is 38.0 Å². The number of nitrogens with zero attached hydrogens (tertiary/aromatic N) is 3. The van der Waals surface area contributed by atoms with Crippen LogP contribution in [0.3, 0.4) is 0 Å². The molecule has 0 spiro atoms. The summed E-state index contributed by atoms with van der Waals surface area (Å²) in [6.07, 6.45) is 6.11. The van der Waals surface area contributed by atoms with Crippen LogP contribution in [-0.2, 0) is 21.2 Å². The van der Waals surface area contributed by atoms with Gasteiger partial charge >= 0.3 is 0 Å². The Morgan fingerprint density at radius 1 is 1.24 bits per heavy atom. The van der Waals surface area contributed by atoms with Crippen molar-refractivity contribution in [3.8, 4) is 0 Å². The van der Waals surface area contributed by atoms with Crippen molar-refractivity contribution >= 4 is 10.0 Å². The van der Waals surface area contributed by atoms with Gasteiger partial charge in [0.1, 0.15) is 0 Å². The van der Waals surface area contributed by atoms with Gasteiger partial charge in [0.25, 0.3) is 0 Å². The fraction of sp³-hybridized carbons (Fsp3) is 0.882. The zero-order chi connectivity index (χ0) is 17.7. The molecule has 1 aromatic rings.